The standard InChI is InChI=1S/C20H27N5OS/c1-23-10-12-24(13-11-23)7-2-3-14-26-17-4-8-25(9-5-17)20-19-18(6-15-27-19)21-16-22-20/h6,15-17H,4-5,7-14H2,1H3. The normalized spacial score (nSPS) is 20.0. The van der Waals surface area contributed by atoms with Crippen LogP contribution >= 0.6 is 11.3 Å². The van der Waals surface area contributed by atoms with Gasteiger partial charge in [-0.2, -0.15) is 0 Å². The fraction of sp³-hybridized carbons (Fsp3) is 0.600. The zero-order valence-corrected chi connectivity index (χ0v) is 16.7. The smallest absolute Gasteiger partial charge is 0.150 e. The Balaban J connectivity index is 1.19. The van der Waals surface area contributed by atoms with E-state index in [0.717, 1.165) is 70.0 Å². The van der Waals surface area contributed by atoms with Crippen LogP contribution < -0.4 is 4.90 Å². The van der Waals surface area contributed by atoms with Gasteiger partial charge in [0.25, 0.3) is 0 Å². The Hall–Kier alpha value is -1.72. The number of nitrogens with zero attached hydrogens (tertiary/aromatic N) is 5. The van der Waals surface area contributed by atoms with Crippen molar-refractivity contribution in [1.82, 2.24) is 19.8 Å². The van der Waals surface area contributed by atoms with Crippen molar-refractivity contribution in [3.05, 3.63) is 17.8 Å². The molecular formula is C20H27N5OS. The second kappa shape index (κ2) is 8.98. The molecule has 0 atom stereocenters. The molecule has 0 N–H and O–H groups in total. The van der Waals surface area contributed by atoms with Crippen LogP contribution in [0, 0.1) is 11.8 Å². The predicted molar refractivity (Wildman–Crippen MR) is 110 cm³/mol. The van der Waals surface area contributed by atoms with E-state index in [1.165, 1.54) is 4.70 Å². The second-order valence-electron chi connectivity index (χ2n) is 7.26. The molecule has 7 heteroatoms. The van der Waals surface area contributed by atoms with Crippen LogP contribution in [0.25, 0.3) is 10.2 Å². The molecule has 0 amide bonds. The van der Waals surface area contributed by atoms with Crippen LogP contribution in [0.4, 0.5) is 5.82 Å². The van der Waals surface area contributed by atoms with E-state index < -0.39 is 0 Å². The molecule has 2 aromatic rings. The van der Waals surface area contributed by atoms with Crippen molar-refractivity contribution < 1.29 is 4.74 Å². The molecule has 2 aromatic heterocycles. The lowest BCUT2D eigenvalue weighted by Crippen LogP contribution is -2.44. The highest BCUT2D eigenvalue weighted by atomic mass is 32.1. The summed E-state index contributed by atoms with van der Waals surface area (Å²) in [7, 11) is 2.18. The summed E-state index contributed by atoms with van der Waals surface area (Å²) >= 11 is 1.72. The lowest BCUT2D eigenvalue weighted by molar-refractivity contribution is 0.0593. The molecule has 4 heterocycles. The summed E-state index contributed by atoms with van der Waals surface area (Å²) in [5.74, 6) is 7.53. The minimum atomic E-state index is 0.305. The maximum Gasteiger partial charge on any atom is 0.150 e. The number of fused-ring (bicyclic) bond motifs is 1. The van der Waals surface area contributed by atoms with Gasteiger partial charge in [-0.25, -0.2) is 9.97 Å². The van der Waals surface area contributed by atoms with Crippen LogP contribution in [0.2, 0.25) is 0 Å². The number of rotatable bonds is 4. The van der Waals surface area contributed by atoms with Crippen LogP contribution in [0.5, 0.6) is 0 Å². The van der Waals surface area contributed by atoms with Crippen molar-refractivity contribution in [3.63, 3.8) is 0 Å². The van der Waals surface area contributed by atoms with Gasteiger partial charge in [0, 0.05) is 39.3 Å². The van der Waals surface area contributed by atoms with Gasteiger partial charge in [-0.15, -0.1) is 11.3 Å². The maximum atomic E-state index is 5.99. The molecule has 2 fully saturated rings. The molecule has 0 bridgehead atoms. The van der Waals surface area contributed by atoms with Crippen LogP contribution in [-0.2, 0) is 4.74 Å². The summed E-state index contributed by atoms with van der Waals surface area (Å²) in [6.45, 7) is 7.87. The first-order chi connectivity index (χ1) is 13.3. The quantitative estimate of drug-likeness (QED) is 0.750. The summed E-state index contributed by atoms with van der Waals surface area (Å²) in [6.07, 6.45) is 4.02. The van der Waals surface area contributed by atoms with Gasteiger partial charge in [0.05, 0.1) is 22.9 Å². The molecule has 0 unspecified atom stereocenters. The number of anilines is 1. The second-order valence-corrected chi connectivity index (χ2v) is 8.18. The van der Waals surface area contributed by atoms with Gasteiger partial charge in [0.15, 0.2) is 0 Å². The molecule has 2 saturated heterocycles. The summed E-state index contributed by atoms with van der Waals surface area (Å²) in [5, 5.41) is 2.08. The number of hydrogen-bond acceptors (Lipinski definition) is 7. The molecule has 0 spiro atoms. The van der Waals surface area contributed by atoms with E-state index in [1.54, 1.807) is 17.7 Å². The first-order valence-corrected chi connectivity index (χ1v) is 10.6. The van der Waals surface area contributed by atoms with Gasteiger partial charge in [-0.05, 0) is 31.3 Å². The Bertz CT molecular complexity index is 797. The lowest BCUT2D eigenvalue weighted by atomic mass is 10.1. The van der Waals surface area contributed by atoms with Crippen LogP contribution in [0.3, 0.4) is 0 Å². The minimum absolute atomic E-state index is 0.305. The fourth-order valence-electron chi connectivity index (χ4n) is 3.62. The number of thiophene rings is 1. The van der Waals surface area contributed by atoms with Crippen molar-refractivity contribution in [2.45, 2.75) is 18.9 Å². The Morgan fingerprint density at radius 3 is 2.74 bits per heavy atom. The fourth-order valence-corrected chi connectivity index (χ4v) is 4.48. The van der Waals surface area contributed by atoms with Crippen molar-refractivity contribution in [3.8, 4) is 11.8 Å². The highest BCUT2D eigenvalue weighted by molar-refractivity contribution is 7.17. The Kier molecular flexibility index (Phi) is 6.20. The number of piperazine rings is 1. The van der Waals surface area contributed by atoms with Gasteiger partial charge < -0.3 is 14.5 Å². The molecule has 144 valence electrons. The Morgan fingerprint density at radius 2 is 1.93 bits per heavy atom. The molecule has 4 rings (SSSR count). The largest absolute Gasteiger partial charge is 0.365 e. The number of aromatic nitrogens is 2. The SMILES string of the molecule is CN1CCN(CC#CCOC2CCN(c3ncnc4ccsc34)CC2)CC1. The van der Waals surface area contributed by atoms with E-state index in [1.807, 2.05) is 0 Å². The van der Waals surface area contributed by atoms with E-state index >= 15 is 0 Å². The third kappa shape index (κ3) is 4.77. The molecule has 2 aliphatic rings. The van der Waals surface area contributed by atoms with E-state index in [9.17, 15) is 0 Å². The molecule has 0 aliphatic carbocycles. The third-order valence-electron chi connectivity index (χ3n) is 5.38. The number of ether oxygens (including phenoxy) is 1. The maximum absolute atomic E-state index is 5.99. The Labute approximate surface area is 165 Å². The summed E-state index contributed by atoms with van der Waals surface area (Å²) in [6, 6.07) is 2.06. The van der Waals surface area contributed by atoms with Crippen molar-refractivity contribution in [2.75, 3.05) is 64.4 Å². The summed E-state index contributed by atoms with van der Waals surface area (Å²) in [5.41, 5.74) is 1.04. The van der Waals surface area contributed by atoms with Crippen molar-refractivity contribution in [1.29, 1.82) is 0 Å². The van der Waals surface area contributed by atoms with Gasteiger partial charge in [0.2, 0.25) is 0 Å². The zero-order chi connectivity index (χ0) is 18.5. The molecule has 6 nitrogen and oxygen atoms in total. The number of likely N-dealkylation sites (N-methyl/N-ethyl adjacent to an activating group) is 1. The van der Waals surface area contributed by atoms with Gasteiger partial charge in [-0.1, -0.05) is 11.8 Å². The first-order valence-electron chi connectivity index (χ1n) is 9.71. The molecular weight excluding hydrogens is 358 g/mol. The van der Waals surface area contributed by atoms with Gasteiger partial charge in [-0.3, -0.25) is 4.90 Å². The summed E-state index contributed by atoms with van der Waals surface area (Å²) < 4.78 is 7.18. The third-order valence-corrected chi connectivity index (χ3v) is 6.28. The number of hydrogen-bond donors (Lipinski definition) is 0. The van der Waals surface area contributed by atoms with Crippen molar-refractivity contribution >= 4 is 27.4 Å². The Morgan fingerprint density at radius 1 is 1.11 bits per heavy atom. The lowest BCUT2D eigenvalue weighted by Gasteiger charge is -2.32. The highest BCUT2D eigenvalue weighted by Gasteiger charge is 2.22. The van der Waals surface area contributed by atoms with Crippen molar-refractivity contribution in [2.24, 2.45) is 0 Å². The average Bonchev–Trinajstić information content (AvgIpc) is 3.19. The topological polar surface area (TPSA) is 44.7 Å². The molecule has 2 aliphatic heterocycles. The summed E-state index contributed by atoms with van der Waals surface area (Å²) in [4.78, 5) is 16.0. The molecule has 0 saturated carbocycles. The molecule has 0 aromatic carbocycles. The van der Waals surface area contributed by atoms with E-state index in [-0.39, 0.29) is 0 Å². The van der Waals surface area contributed by atoms with E-state index in [0.29, 0.717) is 12.7 Å². The van der Waals surface area contributed by atoms with Crippen LogP contribution in [0.1, 0.15) is 12.8 Å². The average molecular weight is 386 g/mol. The van der Waals surface area contributed by atoms with Crippen LogP contribution in [0.15, 0.2) is 17.8 Å². The highest BCUT2D eigenvalue weighted by Crippen LogP contribution is 2.29. The van der Waals surface area contributed by atoms with E-state index in [2.05, 4.69) is 55.0 Å². The molecule has 27 heavy (non-hydrogen) atoms. The van der Waals surface area contributed by atoms with Gasteiger partial charge >= 0.3 is 0 Å². The zero-order valence-electron chi connectivity index (χ0n) is 15.9. The van der Waals surface area contributed by atoms with Gasteiger partial charge in [0.1, 0.15) is 18.8 Å². The van der Waals surface area contributed by atoms with E-state index in [4.69, 9.17) is 4.74 Å². The van der Waals surface area contributed by atoms with Crippen LogP contribution in [-0.4, -0.2) is 85.3 Å². The molecule has 0 radical (unpaired) electrons. The number of piperidine rings is 1. The first kappa shape index (κ1) is 18.6. The monoisotopic (exact) mass is 385 g/mol. The minimum Gasteiger partial charge on any atom is -0.365 e. The predicted octanol–water partition coefficient (Wildman–Crippen LogP) is 1.93.